The highest BCUT2D eigenvalue weighted by molar-refractivity contribution is 5.74. The summed E-state index contributed by atoms with van der Waals surface area (Å²) in [5.41, 5.74) is 7.59. The highest BCUT2D eigenvalue weighted by Crippen LogP contribution is 2.17. The topological polar surface area (TPSA) is 55.1 Å². The molecule has 1 aromatic rings. The fraction of sp³-hybridized carbons (Fsp3) is 0.462. The summed E-state index contributed by atoms with van der Waals surface area (Å²) in [7, 11) is 0. The average molecular weight is 220 g/mol. The number of carbonyl (C=O) groups excluding carboxylic acids is 1. The number of hydrogen-bond acceptors (Lipinski definition) is 2. The van der Waals surface area contributed by atoms with E-state index in [1.165, 1.54) is 5.56 Å². The van der Waals surface area contributed by atoms with Crippen LogP contribution in [0.1, 0.15) is 36.9 Å². The van der Waals surface area contributed by atoms with Gasteiger partial charge in [0.2, 0.25) is 5.91 Å². The zero-order valence-electron chi connectivity index (χ0n) is 9.99. The largest absolute Gasteiger partial charge is 0.370 e. The Hall–Kier alpha value is -1.35. The van der Waals surface area contributed by atoms with Gasteiger partial charge in [0, 0.05) is 12.5 Å². The van der Waals surface area contributed by atoms with Crippen LogP contribution in [0.15, 0.2) is 24.3 Å². The van der Waals surface area contributed by atoms with E-state index in [2.05, 4.69) is 18.3 Å². The van der Waals surface area contributed by atoms with E-state index in [1.807, 2.05) is 25.1 Å². The van der Waals surface area contributed by atoms with Crippen LogP contribution in [0.3, 0.4) is 0 Å². The molecule has 3 nitrogen and oxygen atoms in total. The highest BCUT2D eigenvalue weighted by Gasteiger charge is 2.13. The SMILES string of the molecule is CCCNC(CC(N)=O)c1cccc(C)c1. The van der Waals surface area contributed by atoms with Gasteiger partial charge in [0.25, 0.3) is 0 Å². The molecule has 0 aliphatic rings. The molecule has 1 rings (SSSR count). The number of nitrogens with one attached hydrogen (secondary N) is 1. The van der Waals surface area contributed by atoms with E-state index in [-0.39, 0.29) is 11.9 Å². The number of benzene rings is 1. The van der Waals surface area contributed by atoms with Crippen LogP contribution in [0.2, 0.25) is 0 Å². The van der Waals surface area contributed by atoms with Crippen LogP contribution < -0.4 is 11.1 Å². The molecule has 0 fully saturated rings. The molecule has 0 aromatic heterocycles. The number of rotatable bonds is 6. The summed E-state index contributed by atoms with van der Waals surface area (Å²) >= 11 is 0. The molecule has 0 aliphatic heterocycles. The lowest BCUT2D eigenvalue weighted by atomic mass is 10.0. The summed E-state index contributed by atoms with van der Waals surface area (Å²) in [5.74, 6) is -0.268. The summed E-state index contributed by atoms with van der Waals surface area (Å²) in [4.78, 5) is 11.0. The molecule has 1 aromatic carbocycles. The predicted octanol–water partition coefficient (Wildman–Crippen LogP) is 1.91. The van der Waals surface area contributed by atoms with E-state index < -0.39 is 0 Å². The van der Waals surface area contributed by atoms with Crippen LogP contribution in [-0.2, 0) is 4.79 Å². The minimum absolute atomic E-state index is 0.0392. The summed E-state index contributed by atoms with van der Waals surface area (Å²) < 4.78 is 0. The van der Waals surface area contributed by atoms with Crippen molar-refractivity contribution < 1.29 is 4.79 Å². The molecule has 1 amide bonds. The van der Waals surface area contributed by atoms with Crippen LogP contribution in [-0.4, -0.2) is 12.5 Å². The maximum absolute atomic E-state index is 11.0. The lowest BCUT2D eigenvalue weighted by molar-refractivity contribution is -0.118. The van der Waals surface area contributed by atoms with E-state index in [0.717, 1.165) is 18.5 Å². The number of hydrogen-bond donors (Lipinski definition) is 2. The van der Waals surface area contributed by atoms with Gasteiger partial charge < -0.3 is 11.1 Å². The maximum atomic E-state index is 11.0. The van der Waals surface area contributed by atoms with Gasteiger partial charge in [0.05, 0.1) is 0 Å². The molecule has 88 valence electrons. The van der Waals surface area contributed by atoms with Crippen molar-refractivity contribution >= 4 is 5.91 Å². The second kappa shape index (κ2) is 6.28. The average Bonchev–Trinajstić information content (AvgIpc) is 2.23. The smallest absolute Gasteiger partial charge is 0.219 e. The summed E-state index contributed by atoms with van der Waals surface area (Å²) in [6.07, 6.45) is 1.39. The number of amides is 1. The Kier molecular flexibility index (Phi) is 4.99. The molecule has 0 saturated carbocycles. The number of carbonyl (C=O) groups is 1. The van der Waals surface area contributed by atoms with E-state index in [4.69, 9.17) is 5.73 Å². The van der Waals surface area contributed by atoms with Gasteiger partial charge in [-0.15, -0.1) is 0 Å². The Morgan fingerprint density at radius 3 is 2.81 bits per heavy atom. The standard InChI is InChI=1S/C13H20N2O/c1-3-7-15-12(9-13(14)16)11-6-4-5-10(2)8-11/h4-6,8,12,15H,3,7,9H2,1-2H3,(H2,14,16). The Morgan fingerprint density at radius 1 is 1.50 bits per heavy atom. The molecule has 0 bridgehead atoms. The Balaban J connectivity index is 2.78. The molecule has 1 unspecified atom stereocenters. The maximum Gasteiger partial charge on any atom is 0.219 e. The molecular formula is C13H20N2O. The third-order valence-corrected chi connectivity index (χ3v) is 2.49. The minimum atomic E-state index is -0.268. The molecule has 0 heterocycles. The lowest BCUT2D eigenvalue weighted by Crippen LogP contribution is -2.27. The fourth-order valence-corrected chi connectivity index (χ4v) is 1.71. The quantitative estimate of drug-likeness (QED) is 0.769. The molecule has 0 radical (unpaired) electrons. The van der Waals surface area contributed by atoms with Crippen molar-refractivity contribution in [1.29, 1.82) is 0 Å². The summed E-state index contributed by atoms with van der Waals surface area (Å²) in [5, 5.41) is 3.34. The van der Waals surface area contributed by atoms with E-state index >= 15 is 0 Å². The van der Waals surface area contributed by atoms with Gasteiger partial charge in [0.15, 0.2) is 0 Å². The summed E-state index contributed by atoms with van der Waals surface area (Å²) in [6, 6.07) is 8.22. The monoisotopic (exact) mass is 220 g/mol. The molecule has 0 spiro atoms. The molecule has 0 aliphatic carbocycles. The van der Waals surface area contributed by atoms with Gasteiger partial charge in [0.1, 0.15) is 0 Å². The van der Waals surface area contributed by atoms with Crippen LogP contribution >= 0.6 is 0 Å². The molecular weight excluding hydrogens is 200 g/mol. The lowest BCUT2D eigenvalue weighted by Gasteiger charge is -2.17. The Morgan fingerprint density at radius 2 is 2.25 bits per heavy atom. The van der Waals surface area contributed by atoms with Crippen molar-refractivity contribution in [3.05, 3.63) is 35.4 Å². The van der Waals surface area contributed by atoms with Crippen molar-refractivity contribution in [3.8, 4) is 0 Å². The third-order valence-electron chi connectivity index (χ3n) is 2.49. The second-order valence-electron chi connectivity index (χ2n) is 4.09. The normalized spacial score (nSPS) is 12.4. The van der Waals surface area contributed by atoms with E-state index in [1.54, 1.807) is 0 Å². The first-order valence-corrected chi connectivity index (χ1v) is 5.71. The van der Waals surface area contributed by atoms with Gasteiger partial charge >= 0.3 is 0 Å². The second-order valence-corrected chi connectivity index (χ2v) is 4.09. The van der Waals surface area contributed by atoms with Crippen LogP contribution in [0.25, 0.3) is 0 Å². The van der Waals surface area contributed by atoms with Gasteiger partial charge in [-0.25, -0.2) is 0 Å². The number of nitrogens with two attached hydrogens (primary N) is 1. The van der Waals surface area contributed by atoms with Crippen LogP contribution in [0, 0.1) is 6.92 Å². The molecule has 3 heteroatoms. The van der Waals surface area contributed by atoms with Crippen molar-refractivity contribution in [1.82, 2.24) is 5.32 Å². The first-order chi connectivity index (χ1) is 7.63. The van der Waals surface area contributed by atoms with Crippen molar-refractivity contribution in [2.75, 3.05) is 6.54 Å². The predicted molar refractivity (Wildman–Crippen MR) is 66.0 cm³/mol. The zero-order chi connectivity index (χ0) is 12.0. The van der Waals surface area contributed by atoms with Crippen LogP contribution in [0.4, 0.5) is 0 Å². The highest BCUT2D eigenvalue weighted by atomic mass is 16.1. The van der Waals surface area contributed by atoms with Crippen molar-refractivity contribution in [2.24, 2.45) is 5.73 Å². The molecule has 1 atom stereocenters. The van der Waals surface area contributed by atoms with Crippen molar-refractivity contribution in [2.45, 2.75) is 32.7 Å². The number of aryl methyl sites for hydroxylation is 1. The molecule has 16 heavy (non-hydrogen) atoms. The zero-order valence-corrected chi connectivity index (χ0v) is 9.99. The fourth-order valence-electron chi connectivity index (χ4n) is 1.71. The van der Waals surface area contributed by atoms with E-state index in [0.29, 0.717) is 6.42 Å². The minimum Gasteiger partial charge on any atom is -0.370 e. The van der Waals surface area contributed by atoms with Crippen molar-refractivity contribution in [3.63, 3.8) is 0 Å². The van der Waals surface area contributed by atoms with Gasteiger partial charge in [-0.1, -0.05) is 36.8 Å². The summed E-state index contributed by atoms with van der Waals surface area (Å²) in [6.45, 7) is 5.04. The van der Waals surface area contributed by atoms with E-state index in [9.17, 15) is 4.79 Å². The first kappa shape index (κ1) is 12.7. The van der Waals surface area contributed by atoms with Crippen LogP contribution in [0.5, 0.6) is 0 Å². The Labute approximate surface area is 97.0 Å². The van der Waals surface area contributed by atoms with Gasteiger partial charge in [-0.2, -0.15) is 0 Å². The van der Waals surface area contributed by atoms with Gasteiger partial charge in [-0.3, -0.25) is 4.79 Å². The third kappa shape index (κ3) is 4.03. The first-order valence-electron chi connectivity index (χ1n) is 5.71. The number of primary amides is 1. The Bertz CT molecular complexity index is 350. The molecule has 0 saturated heterocycles. The van der Waals surface area contributed by atoms with Gasteiger partial charge in [-0.05, 0) is 25.5 Å². The molecule has 3 N–H and O–H groups in total.